The molecule has 1 aliphatic carbocycles. The summed E-state index contributed by atoms with van der Waals surface area (Å²) in [4.78, 5) is 7.16. The fraction of sp³-hybridized carbons (Fsp3) is 0.381. The number of nitrogen functional groups attached to an aromatic ring is 1. The van der Waals surface area contributed by atoms with Crippen molar-refractivity contribution in [2.45, 2.75) is 47.1 Å². The van der Waals surface area contributed by atoms with Gasteiger partial charge in [0.1, 0.15) is 12.7 Å². The molecule has 0 spiro atoms. The molecule has 27 heavy (non-hydrogen) atoms. The summed E-state index contributed by atoms with van der Waals surface area (Å²) in [6.07, 6.45) is 16.7. The van der Waals surface area contributed by atoms with Gasteiger partial charge in [-0.05, 0) is 49.8 Å². The zero-order valence-corrected chi connectivity index (χ0v) is 16.6. The molecule has 2 aromatic heterocycles. The normalized spacial score (nSPS) is 17.1. The molecule has 0 radical (unpaired) electrons. The quantitative estimate of drug-likeness (QED) is 0.770. The topological polar surface area (TPSA) is 76.4 Å². The Morgan fingerprint density at radius 3 is 2.85 bits per heavy atom. The lowest BCUT2D eigenvalue weighted by Crippen LogP contribution is -2.36. The zero-order chi connectivity index (χ0) is 19.4. The number of anilines is 1. The average Bonchev–Trinajstić information content (AvgIpc) is 3.15. The van der Waals surface area contributed by atoms with Crippen molar-refractivity contribution in [3.8, 4) is 0 Å². The zero-order valence-electron chi connectivity index (χ0n) is 16.6. The first-order valence-corrected chi connectivity index (χ1v) is 9.37. The van der Waals surface area contributed by atoms with Gasteiger partial charge in [-0.15, -0.1) is 9.36 Å². The molecule has 1 aliphatic rings. The van der Waals surface area contributed by atoms with Gasteiger partial charge in [0, 0.05) is 5.69 Å². The summed E-state index contributed by atoms with van der Waals surface area (Å²) in [6.45, 7) is 9.27. The van der Waals surface area contributed by atoms with E-state index >= 15 is 0 Å². The second-order valence-electron chi connectivity index (χ2n) is 7.60. The van der Waals surface area contributed by atoms with E-state index in [1.54, 1.807) is 6.20 Å². The maximum absolute atomic E-state index is 5.70. The number of hydrogen-bond donors (Lipinski definition) is 2. The molecule has 142 valence electrons. The van der Waals surface area contributed by atoms with Crippen LogP contribution in [0.1, 0.15) is 45.5 Å². The van der Waals surface area contributed by atoms with Crippen molar-refractivity contribution in [3.63, 3.8) is 0 Å². The minimum Gasteiger partial charge on any atom is -0.369 e. The summed E-state index contributed by atoms with van der Waals surface area (Å²) in [5.74, 6) is 1.07. The Balaban J connectivity index is 1.79. The van der Waals surface area contributed by atoms with Crippen molar-refractivity contribution >= 4 is 12.1 Å². The van der Waals surface area contributed by atoms with Crippen LogP contribution < -0.4 is 10.4 Å². The Morgan fingerprint density at radius 2 is 2.22 bits per heavy atom. The molecule has 0 saturated carbocycles. The van der Waals surface area contributed by atoms with Gasteiger partial charge >= 0.3 is 0 Å². The molecule has 3 N–H and O–H groups in total. The highest BCUT2D eigenvalue weighted by Gasteiger charge is 2.16. The van der Waals surface area contributed by atoms with Crippen molar-refractivity contribution in [2.24, 2.45) is 5.92 Å². The molecule has 0 aromatic carbocycles. The fourth-order valence-corrected chi connectivity index (χ4v) is 3.09. The second kappa shape index (κ2) is 8.20. The predicted molar refractivity (Wildman–Crippen MR) is 109 cm³/mol. The number of rotatable bonds is 6. The highest BCUT2D eigenvalue weighted by Crippen LogP contribution is 2.17. The first-order valence-electron chi connectivity index (χ1n) is 9.37. The number of aromatic amines is 1. The van der Waals surface area contributed by atoms with E-state index in [4.69, 9.17) is 10.9 Å². The first-order chi connectivity index (χ1) is 12.9. The Bertz CT molecular complexity index is 918. The molecule has 6 nitrogen and oxygen atoms in total. The van der Waals surface area contributed by atoms with E-state index in [1.807, 2.05) is 15.6 Å². The van der Waals surface area contributed by atoms with Gasteiger partial charge in [0.25, 0.3) is 0 Å². The molecule has 1 atom stereocenters. The standard InChI is InChI=1S/C21H28N6/c1-15(2)12-27-20(10-19-11-23-21(22)24-19)14-26(25-27)13-17(4)9-18-7-5-16(3)6-8-18/h5,7-9,11-12,14,16,22,25H,6,10,13H2,1-4H3/p+1. The second-order valence-corrected chi connectivity index (χ2v) is 7.60. The molecule has 0 aliphatic heterocycles. The van der Waals surface area contributed by atoms with E-state index in [0.717, 1.165) is 24.4 Å². The van der Waals surface area contributed by atoms with Gasteiger partial charge < -0.3 is 10.7 Å². The van der Waals surface area contributed by atoms with Crippen molar-refractivity contribution < 1.29 is 4.68 Å². The average molecular weight is 366 g/mol. The molecule has 0 amide bonds. The highest BCUT2D eigenvalue weighted by molar-refractivity contribution is 5.35. The van der Waals surface area contributed by atoms with Gasteiger partial charge in [-0.3, -0.25) is 0 Å². The smallest absolute Gasteiger partial charge is 0.197 e. The van der Waals surface area contributed by atoms with Gasteiger partial charge in [-0.1, -0.05) is 31.2 Å². The van der Waals surface area contributed by atoms with Crippen molar-refractivity contribution in [1.29, 1.82) is 0 Å². The highest BCUT2D eigenvalue weighted by atomic mass is 15.5. The molecular weight excluding hydrogens is 336 g/mol. The third kappa shape index (κ3) is 5.29. The maximum atomic E-state index is 5.70. The minimum atomic E-state index is 0.438. The first kappa shape index (κ1) is 18.9. The van der Waals surface area contributed by atoms with Crippen LogP contribution >= 0.6 is 0 Å². The van der Waals surface area contributed by atoms with Crippen LogP contribution in [0.4, 0.5) is 5.95 Å². The molecule has 6 heteroatoms. The van der Waals surface area contributed by atoms with Crippen LogP contribution in [0.2, 0.25) is 0 Å². The summed E-state index contributed by atoms with van der Waals surface area (Å²) < 4.78 is 3.91. The van der Waals surface area contributed by atoms with Crippen LogP contribution in [-0.4, -0.2) is 19.9 Å². The van der Waals surface area contributed by atoms with E-state index < -0.39 is 0 Å². The molecule has 1 unspecified atom stereocenters. The van der Waals surface area contributed by atoms with Gasteiger partial charge in [0.05, 0.1) is 17.8 Å². The van der Waals surface area contributed by atoms with Crippen LogP contribution in [0.15, 0.2) is 53.4 Å². The summed E-state index contributed by atoms with van der Waals surface area (Å²) in [5.41, 5.74) is 11.5. The van der Waals surface area contributed by atoms with E-state index in [2.05, 4.69) is 68.2 Å². The van der Waals surface area contributed by atoms with Crippen molar-refractivity contribution in [1.82, 2.24) is 19.9 Å². The molecule has 0 fully saturated rings. The van der Waals surface area contributed by atoms with Crippen molar-refractivity contribution in [3.05, 3.63) is 64.8 Å². The third-order valence-electron chi connectivity index (χ3n) is 4.37. The van der Waals surface area contributed by atoms with Crippen molar-refractivity contribution in [2.75, 3.05) is 5.73 Å². The number of H-pyrrole nitrogens is 1. The number of nitrogens with one attached hydrogen (secondary N) is 1. The summed E-state index contributed by atoms with van der Waals surface area (Å²) in [6, 6.07) is 0. The van der Waals surface area contributed by atoms with E-state index in [0.29, 0.717) is 18.3 Å². The number of aromatic nitrogens is 5. The molecule has 3 rings (SSSR count). The van der Waals surface area contributed by atoms with Gasteiger partial charge in [-0.2, -0.15) is 0 Å². The Kier molecular flexibility index (Phi) is 5.74. The number of nitrogens with zero attached hydrogens (tertiary/aromatic N) is 4. The van der Waals surface area contributed by atoms with Crippen LogP contribution in [0.25, 0.3) is 6.20 Å². The number of imidazole rings is 1. The van der Waals surface area contributed by atoms with Crippen LogP contribution in [0.5, 0.6) is 0 Å². The van der Waals surface area contributed by atoms with E-state index in [1.165, 1.54) is 16.7 Å². The van der Waals surface area contributed by atoms with Gasteiger partial charge in [0.2, 0.25) is 0 Å². The SMILES string of the molecule is CC(C)=Cn1n[n+](CC(C)=CC2=CCC(C)C=C2)cc1Cc1cnc(N)[nH]1. The van der Waals surface area contributed by atoms with Gasteiger partial charge in [0.15, 0.2) is 17.8 Å². The Morgan fingerprint density at radius 1 is 1.41 bits per heavy atom. The maximum Gasteiger partial charge on any atom is 0.197 e. The third-order valence-corrected chi connectivity index (χ3v) is 4.37. The molecule has 0 bridgehead atoms. The predicted octanol–water partition coefficient (Wildman–Crippen LogP) is 3.42. The lowest BCUT2D eigenvalue weighted by Gasteiger charge is -2.09. The van der Waals surface area contributed by atoms with Gasteiger partial charge in [-0.25, -0.2) is 4.98 Å². The van der Waals surface area contributed by atoms with E-state index in [9.17, 15) is 0 Å². The summed E-state index contributed by atoms with van der Waals surface area (Å²) in [5, 5.41) is 4.71. The summed E-state index contributed by atoms with van der Waals surface area (Å²) >= 11 is 0. The monoisotopic (exact) mass is 365 g/mol. The molecule has 2 heterocycles. The number of nitrogens with two attached hydrogens (primary N) is 1. The largest absolute Gasteiger partial charge is 0.369 e. The van der Waals surface area contributed by atoms with E-state index in [-0.39, 0.29) is 0 Å². The minimum absolute atomic E-state index is 0.438. The Hall–Kier alpha value is -2.89. The lowest BCUT2D eigenvalue weighted by molar-refractivity contribution is -0.747. The fourth-order valence-electron chi connectivity index (χ4n) is 3.09. The number of allylic oxidation sites excluding steroid dienone is 7. The van der Waals surface area contributed by atoms with Crippen LogP contribution in [0.3, 0.4) is 0 Å². The van der Waals surface area contributed by atoms with Crippen LogP contribution in [-0.2, 0) is 13.0 Å². The lowest BCUT2D eigenvalue weighted by atomic mass is 9.97. The molecular formula is C21H29N6+. The molecule has 0 saturated heterocycles. The number of hydrogen-bond acceptors (Lipinski definition) is 3. The summed E-state index contributed by atoms with van der Waals surface area (Å²) in [7, 11) is 0. The molecule has 2 aromatic rings. The Labute approximate surface area is 160 Å². The van der Waals surface area contributed by atoms with Crippen LogP contribution in [0, 0.1) is 5.92 Å².